The van der Waals surface area contributed by atoms with Crippen LogP contribution >= 0.6 is 0 Å². The molecule has 0 aromatic carbocycles. The normalized spacial score (nSPS) is 11.0. The van der Waals surface area contributed by atoms with E-state index >= 15 is 0 Å². The van der Waals surface area contributed by atoms with Crippen molar-refractivity contribution >= 4 is 0 Å². The summed E-state index contributed by atoms with van der Waals surface area (Å²) in [5, 5.41) is 12.8. The molecule has 5 nitrogen and oxygen atoms in total. The standard InChI is InChI=1S/C12H19N5/c1-4-7-16-9-13-14-12(16)11-8-10(5-2)15-17(11)6-3/h8-9H,4-7H2,1-3H3. The zero-order valence-electron chi connectivity index (χ0n) is 10.7. The molecule has 2 aromatic heterocycles. The van der Waals surface area contributed by atoms with E-state index in [9.17, 15) is 0 Å². The Morgan fingerprint density at radius 1 is 1.24 bits per heavy atom. The van der Waals surface area contributed by atoms with Crippen LogP contribution < -0.4 is 0 Å². The molecule has 0 amide bonds. The molecule has 0 saturated heterocycles. The van der Waals surface area contributed by atoms with Gasteiger partial charge in [0, 0.05) is 13.1 Å². The molecule has 92 valence electrons. The van der Waals surface area contributed by atoms with Crippen molar-refractivity contribution in [3.63, 3.8) is 0 Å². The zero-order chi connectivity index (χ0) is 12.3. The van der Waals surface area contributed by atoms with Crippen molar-refractivity contribution in [2.24, 2.45) is 0 Å². The molecule has 0 fully saturated rings. The van der Waals surface area contributed by atoms with Crippen molar-refractivity contribution in [3.8, 4) is 11.5 Å². The molecule has 0 radical (unpaired) electrons. The summed E-state index contributed by atoms with van der Waals surface area (Å²) in [5.74, 6) is 0.918. The third kappa shape index (κ3) is 2.23. The van der Waals surface area contributed by atoms with Crippen LogP contribution in [-0.4, -0.2) is 24.5 Å². The summed E-state index contributed by atoms with van der Waals surface area (Å²) in [4.78, 5) is 0. The first kappa shape index (κ1) is 11.8. The molecule has 5 heteroatoms. The van der Waals surface area contributed by atoms with E-state index in [1.165, 1.54) is 0 Å². The molecule has 0 N–H and O–H groups in total. The van der Waals surface area contributed by atoms with E-state index in [-0.39, 0.29) is 0 Å². The van der Waals surface area contributed by atoms with Crippen LogP contribution in [-0.2, 0) is 19.5 Å². The number of hydrogen-bond acceptors (Lipinski definition) is 3. The predicted octanol–water partition coefficient (Wildman–Crippen LogP) is 2.13. The fraction of sp³-hybridized carbons (Fsp3) is 0.583. The van der Waals surface area contributed by atoms with Gasteiger partial charge in [-0.05, 0) is 25.8 Å². The highest BCUT2D eigenvalue weighted by atomic mass is 15.3. The molecule has 2 aromatic rings. The number of rotatable bonds is 5. The Hall–Kier alpha value is -1.65. The van der Waals surface area contributed by atoms with Crippen molar-refractivity contribution in [2.75, 3.05) is 0 Å². The van der Waals surface area contributed by atoms with Gasteiger partial charge in [-0.1, -0.05) is 13.8 Å². The second-order valence-corrected chi connectivity index (χ2v) is 4.04. The minimum atomic E-state index is 0.855. The van der Waals surface area contributed by atoms with Gasteiger partial charge in [-0.25, -0.2) is 0 Å². The van der Waals surface area contributed by atoms with Gasteiger partial charge in [0.2, 0.25) is 0 Å². The SMILES string of the molecule is CCCn1cnnc1-c1cc(CC)nn1CC. The molecular formula is C12H19N5. The van der Waals surface area contributed by atoms with Crippen LogP contribution in [0.1, 0.15) is 32.9 Å². The maximum atomic E-state index is 4.54. The van der Waals surface area contributed by atoms with E-state index in [2.05, 4.69) is 46.7 Å². The van der Waals surface area contributed by atoms with E-state index in [1.54, 1.807) is 6.33 Å². The summed E-state index contributed by atoms with van der Waals surface area (Å²) in [6.07, 6.45) is 3.81. The molecule has 0 saturated carbocycles. The van der Waals surface area contributed by atoms with Gasteiger partial charge < -0.3 is 4.57 Å². The molecule has 0 aliphatic rings. The van der Waals surface area contributed by atoms with E-state index in [1.807, 2.05) is 4.68 Å². The fourth-order valence-electron chi connectivity index (χ4n) is 1.92. The minimum Gasteiger partial charge on any atom is -0.312 e. The second kappa shape index (κ2) is 5.12. The lowest BCUT2D eigenvalue weighted by Gasteiger charge is -2.06. The highest BCUT2D eigenvalue weighted by molar-refractivity contribution is 5.50. The Morgan fingerprint density at radius 3 is 2.71 bits per heavy atom. The van der Waals surface area contributed by atoms with Crippen LogP contribution in [0.25, 0.3) is 11.5 Å². The predicted molar refractivity (Wildman–Crippen MR) is 66.6 cm³/mol. The third-order valence-electron chi connectivity index (χ3n) is 2.80. The van der Waals surface area contributed by atoms with Crippen LogP contribution in [0.4, 0.5) is 0 Å². The summed E-state index contributed by atoms with van der Waals surface area (Å²) < 4.78 is 4.08. The molecule has 2 heterocycles. The van der Waals surface area contributed by atoms with E-state index in [0.29, 0.717) is 0 Å². The molecule has 17 heavy (non-hydrogen) atoms. The van der Waals surface area contributed by atoms with Crippen molar-refractivity contribution in [2.45, 2.75) is 46.7 Å². The largest absolute Gasteiger partial charge is 0.312 e. The third-order valence-corrected chi connectivity index (χ3v) is 2.80. The summed E-state index contributed by atoms with van der Waals surface area (Å²) in [7, 11) is 0. The van der Waals surface area contributed by atoms with Gasteiger partial charge in [-0.15, -0.1) is 10.2 Å². The van der Waals surface area contributed by atoms with Crippen molar-refractivity contribution in [1.82, 2.24) is 24.5 Å². The average molecular weight is 233 g/mol. The van der Waals surface area contributed by atoms with E-state index < -0.39 is 0 Å². The minimum absolute atomic E-state index is 0.855. The Morgan fingerprint density at radius 2 is 2.06 bits per heavy atom. The second-order valence-electron chi connectivity index (χ2n) is 4.04. The highest BCUT2D eigenvalue weighted by Crippen LogP contribution is 2.18. The Bertz CT molecular complexity index is 483. The Labute approximate surface area is 101 Å². The summed E-state index contributed by atoms with van der Waals surface area (Å²) >= 11 is 0. The molecular weight excluding hydrogens is 214 g/mol. The summed E-state index contributed by atoms with van der Waals surface area (Å²) in [6.45, 7) is 8.16. The first-order valence-electron chi connectivity index (χ1n) is 6.25. The lowest BCUT2D eigenvalue weighted by Crippen LogP contribution is -2.05. The maximum absolute atomic E-state index is 4.54. The van der Waals surface area contributed by atoms with Crippen LogP contribution in [0.2, 0.25) is 0 Å². The van der Waals surface area contributed by atoms with Gasteiger partial charge in [-0.2, -0.15) is 5.10 Å². The van der Waals surface area contributed by atoms with Crippen LogP contribution in [0.3, 0.4) is 0 Å². The lowest BCUT2D eigenvalue weighted by molar-refractivity contribution is 0.637. The molecule has 0 aliphatic heterocycles. The zero-order valence-corrected chi connectivity index (χ0v) is 10.7. The first-order valence-corrected chi connectivity index (χ1v) is 6.25. The number of aryl methyl sites for hydroxylation is 3. The van der Waals surface area contributed by atoms with Crippen molar-refractivity contribution in [3.05, 3.63) is 18.1 Å². The molecule has 0 spiro atoms. The molecule has 0 bridgehead atoms. The van der Waals surface area contributed by atoms with Gasteiger partial charge in [-0.3, -0.25) is 4.68 Å². The Balaban J connectivity index is 2.43. The summed E-state index contributed by atoms with van der Waals surface area (Å²) in [5.41, 5.74) is 2.17. The monoisotopic (exact) mass is 233 g/mol. The lowest BCUT2D eigenvalue weighted by atomic mass is 10.3. The van der Waals surface area contributed by atoms with Crippen molar-refractivity contribution in [1.29, 1.82) is 0 Å². The van der Waals surface area contributed by atoms with Gasteiger partial charge in [0.1, 0.15) is 12.0 Å². The van der Waals surface area contributed by atoms with Gasteiger partial charge >= 0.3 is 0 Å². The first-order chi connectivity index (χ1) is 8.30. The van der Waals surface area contributed by atoms with Crippen molar-refractivity contribution < 1.29 is 0 Å². The van der Waals surface area contributed by atoms with Crippen LogP contribution in [0.15, 0.2) is 12.4 Å². The fourth-order valence-corrected chi connectivity index (χ4v) is 1.92. The molecule has 0 aliphatic carbocycles. The quantitative estimate of drug-likeness (QED) is 0.795. The Kier molecular flexibility index (Phi) is 3.56. The van der Waals surface area contributed by atoms with Gasteiger partial charge in [0.05, 0.1) is 5.69 Å². The number of hydrogen-bond donors (Lipinski definition) is 0. The number of nitrogens with zero attached hydrogens (tertiary/aromatic N) is 5. The van der Waals surface area contributed by atoms with Gasteiger partial charge in [0.25, 0.3) is 0 Å². The number of aromatic nitrogens is 5. The van der Waals surface area contributed by atoms with Crippen LogP contribution in [0.5, 0.6) is 0 Å². The topological polar surface area (TPSA) is 48.5 Å². The van der Waals surface area contributed by atoms with Gasteiger partial charge in [0.15, 0.2) is 5.82 Å². The molecule has 2 rings (SSSR count). The molecule has 0 unspecified atom stereocenters. The smallest absolute Gasteiger partial charge is 0.182 e. The highest BCUT2D eigenvalue weighted by Gasteiger charge is 2.13. The summed E-state index contributed by atoms with van der Waals surface area (Å²) in [6, 6.07) is 2.11. The van der Waals surface area contributed by atoms with Crippen LogP contribution in [0, 0.1) is 0 Å². The van der Waals surface area contributed by atoms with E-state index in [0.717, 1.165) is 43.1 Å². The average Bonchev–Trinajstić information content (AvgIpc) is 2.94. The maximum Gasteiger partial charge on any atom is 0.182 e. The molecule has 0 atom stereocenters. The van der Waals surface area contributed by atoms with E-state index in [4.69, 9.17) is 0 Å².